The van der Waals surface area contributed by atoms with Gasteiger partial charge in [0.2, 0.25) is 0 Å². The van der Waals surface area contributed by atoms with Crippen LogP contribution in [0.5, 0.6) is 5.75 Å². The van der Waals surface area contributed by atoms with E-state index < -0.39 is 0 Å². The van der Waals surface area contributed by atoms with Crippen LogP contribution < -0.4 is 10.1 Å². The minimum Gasteiger partial charge on any atom is -0.491 e. The van der Waals surface area contributed by atoms with E-state index in [1.165, 1.54) is 0 Å². The lowest BCUT2D eigenvalue weighted by molar-refractivity contribution is 0.211. The first kappa shape index (κ1) is 14.1. The van der Waals surface area contributed by atoms with E-state index >= 15 is 0 Å². The molecule has 5 heteroatoms. The number of nitrogens with one attached hydrogen (secondary N) is 1. The van der Waals surface area contributed by atoms with E-state index in [4.69, 9.17) is 9.47 Å². The van der Waals surface area contributed by atoms with E-state index in [9.17, 15) is 0 Å². The van der Waals surface area contributed by atoms with Crippen LogP contribution >= 0.6 is 11.3 Å². The lowest BCUT2D eigenvalue weighted by Crippen LogP contribution is -2.06. The number of benzene rings is 1. The first-order valence-corrected chi connectivity index (χ1v) is 7.22. The normalized spacial score (nSPS) is 11.2. The average Bonchev–Trinajstić information content (AvgIpc) is 2.72. The second-order valence-electron chi connectivity index (χ2n) is 4.69. The maximum Gasteiger partial charge on any atom is 0.183 e. The lowest BCUT2D eigenvalue weighted by atomic mass is 10.2. The zero-order chi connectivity index (χ0) is 13.8. The average molecular weight is 280 g/mol. The second-order valence-corrected chi connectivity index (χ2v) is 5.72. The van der Waals surface area contributed by atoms with Gasteiger partial charge >= 0.3 is 0 Å². The molecule has 0 spiro atoms. The number of methoxy groups -OCH3 is 1. The molecule has 2 rings (SSSR count). The highest BCUT2D eigenvalue weighted by molar-refractivity contribution is 7.22. The minimum absolute atomic E-state index is 0.184. The maximum absolute atomic E-state index is 5.75. The highest BCUT2D eigenvalue weighted by atomic mass is 32.1. The third kappa shape index (κ3) is 3.58. The molecule has 0 saturated carbocycles. The Bertz CT molecular complexity index is 552. The molecule has 0 atom stereocenters. The van der Waals surface area contributed by atoms with Crippen LogP contribution in [0.15, 0.2) is 12.1 Å². The Kier molecular flexibility index (Phi) is 4.61. The summed E-state index contributed by atoms with van der Waals surface area (Å²) in [6.07, 6.45) is 0.184. The molecule has 0 radical (unpaired) electrons. The number of thiazole rings is 1. The van der Waals surface area contributed by atoms with Gasteiger partial charge in [-0.2, -0.15) is 0 Å². The Labute approximate surface area is 117 Å². The summed E-state index contributed by atoms with van der Waals surface area (Å²) in [5.41, 5.74) is 2.19. The Morgan fingerprint density at radius 3 is 2.84 bits per heavy atom. The summed E-state index contributed by atoms with van der Waals surface area (Å²) in [7, 11) is 1.69. The molecule has 0 fully saturated rings. The van der Waals surface area contributed by atoms with Crippen molar-refractivity contribution in [3.8, 4) is 5.75 Å². The topological polar surface area (TPSA) is 43.4 Å². The molecule has 0 amide bonds. The van der Waals surface area contributed by atoms with Gasteiger partial charge in [-0.15, -0.1) is 0 Å². The SMILES string of the molecule is COCCNc1nc2c(C)cc(OC(C)C)cc2s1. The highest BCUT2D eigenvalue weighted by Gasteiger charge is 2.09. The molecule has 1 aromatic heterocycles. The molecule has 104 valence electrons. The Hall–Kier alpha value is -1.33. The van der Waals surface area contributed by atoms with E-state index in [2.05, 4.69) is 23.3 Å². The molecule has 1 heterocycles. The summed E-state index contributed by atoms with van der Waals surface area (Å²) in [6.45, 7) is 7.57. The fourth-order valence-electron chi connectivity index (χ4n) is 1.84. The van der Waals surface area contributed by atoms with Crippen molar-refractivity contribution in [1.29, 1.82) is 0 Å². The van der Waals surface area contributed by atoms with Gasteiger partial charge in [0.05, 0.1) is 22.9 Å². The van der Waals surface area contributed by atoms with E-state index in [0.29, 0.717) is 6.61 Å². The van der Waals surface area contributed by atoms with Crippen molar-refractivity contribution in [3.63, 3.8) is 0 Å². The molecule has 19 heavy (non-hydrogen) atoms. The Morgan fingerprint density at radius 1 is 1.37 bits per heavy atom. The van der Waals surface area contributed by atoms with Crippen LogP contribution in [0.2, 0.25) is 0 Å². The third-order valence-electron chi connectivity index (χ3n) is 2.61. The number of anilines is 1. The summed E-state index contributed by atoms with van der Waals surface area (Å²) in [4.78, 5) is 4.60. The van der Waals surface area contributed by atoms with Gasteiger partial charge in [0, 0.05) is 13.7 Å². The first-order valence-electron chi connectivity index (χ1n) is 6.41. The summed E-state index contributed by atoms with van der Waals surface area (Å²) >= 11 is 1.65. The largest absolute Gasteiger partial charge is 0.491 e. The van der Waals surface area contributed by atoms with Crippen LogP contribution in [0.4, 0.5) is 5.13 Å². The number of nitrogens with zero attached hydrogens (tertiary/aromatic N) is 1. The Morgan fingerprint density at radius 2 is 2.16 bits per heavy atom. The molecular formula is C14H20N2O2S. The van der Waals surface area contributed by atoms with Crippen molar-refractivity contribution in [2.24, 2.45) is 0 Å². The molecule has 2 aromatic rings. The van der Waals surface area contributed by atoms with Crippen LogP contribution in [0.3, 0.4) is 0 Å². The maximum atomic E-state index is 5.75. The van der Waals surface area contributed by atoms with Gasteiger partial charge in [-0.05, 0) is 38.5 Å². The molecule has 0 aliphatic rings. The fraction of sp³-hybridized carbons (Fsp3) is 0.500. The van der Waals surface area contributed by atoms with Gasteiger partial charge < -0.3 is 14.8 Å². The van der Waals surface area contributed by atoms with Gasteiger partial charge in [0.1, 0.15) is 5.75 Å². The highest BCUT2D eigenvalue weighted by Crippen LogP contribution is 2.32. The van der Waals surface area contributed by atoms with E-state index in [0.717, 1.165) is 33.2 Å². The smallest absolute Gasteiger partial charge is 0.183 e. The van der Waals surface area contributed by atoms with Crippen LogP contribution in [-0.2, 0) is 4.74 Å². The number of aromatic nitrogens is 1. The first-order chi connectivity index (χ1) is 9.10. The van der Waals surface area contributed by atoms with Crippen molar-refractivity contribution in [3.05, 3.63) is 17.7 Å². The van der Waals surface area contributed by atoms with Gasteiger partial charge in [-0.25, -0.2) is 4.98 Å². The van der Waals surface area contributed by atoms with Gasteiger partial charge in [0.15, 0.2) is 5.13 Å². The molecule has 4 nitrogen and oxygen atoms in total. The monoisotopic (exact) mass is 280 g/mol. The van der Waals surface area contributed by atoms with Crippen LogP contribution in [0.1, 0.15) is 19.4 Å². The molecule has 0 unspecified atom stereocenters. The van der Waals surface area contributed by atoms with Crippen LogP contribution in [-0.4, -0.2) is 31.3 Å². The summed E-state index contributed by atoms with van der Waals surface area (Å²) in [6, 6.07) is 4.10. The summed E-state index contributed by atoms with van der Waals surface area (Å²) in [5, 5.41) is 4.19. The predicted octanol–water partition coefficient (Wildman–Crippen LogP) is 3.45. The molecule has 1 N–H and O–H groups in total. The van der Waals surface area contributed by atoms with Crippen molar-refractivity contribution in [1.82, 2.24) is 4.98 Å². The molecule has 0 aliphatic carbocycles. The second kappa shape index (κ2) is 6.21. The van der Waals surface area contributed by atoms with Gasteiger partial charge in [-0.1, -0.05) is 11.3 Å². The van der Waals surface area contributed by atoms with Crippen molar-refractivity contribution in [2.45, 2.75) is 26.9 Å². The summed E-state index contributed by atoms with van der Waals surface area (Å²) in [5.74, 6) is 0.909. The standard InChI is InChI=1S/C14H20N2O2S/c1-9(2)18-11-7-10(3)13-12(8-11)19-14(16-13)15-5-6-17-4/h7-9H,5-6H2,1-4H3,(H,15,16). The van der Waals surface area contributed by atoms with Gasteiger partial charge in [0.25, 0.3) is 0 Å². The van der Waals surface area contributed by atoms with E-state index in [1.54, 1.807) is 18.4 Å². The number of hydrogen-bond acceptors (Lipinski definition) is 5. The number of rotatable bonds is 6. The quantitative estimate of drug-likeness (QED) is 0.823. The molecule has 1 aromatic carbocycles. The van der Waals surface area contributed by atoms with Crippen LogP contribution in [0.25, 0.3) is 10.2 Å². The zero-order valence-electron chi connectivity index (χ0n) is 11.8. The zero-order valence-corrected chi connectivity index (χ0v) is 12.6. The molecule has 0 bridgehead atoms. The molecular weight excluding hydrogens is 260 g/mol. The number of aryl methyl sites for hydroxylation is 1. The number of ether oxygens (including phenoxy) is 2. The van der Waals surface area contributed by atoms with Gasteiger partial charge in [-0.3, -0.25) is 0 Å². The number of hydrogen-bond donors (Lipinski definition) is 1. The lowest BCUT2D eigenvalue weighted by Gasteiger charge is -2.10. The van der Waals surface area contributed by atoms with Crippen LogP contribution in [0, 0.1) is 6.92 Å². The van der Waals surface area contributed by atoms with E-state index in [-0.39, 0.29) is 6.10 Å². The van der Waals surface area contributed by atoms with Crippen molar-refractivity contribution >= 4 is 26.7 Å². The van der Waals surface area contributed by atoms with Crippen molar-refractivity contribution in [2.75, 3.05) is 25.6 Å². The third-order valence-corrected chi connectivity index (χ3v) is 3.57. The van der Waals surface area contributed by atoms with Crippen molar-refractivity contribution < 1.29 is 9.47 Å². The minimum atomic E-state index is 0.184. The predicted molar refractivity (Wildman–Crippen MR) is 80.5 cm³/mol. The molecule has 0 saturated heterocycles. The number of fused-ring (bicyclic) bond motifs is 1. The Balaban J connectivity index is 2.23. The van der Waals surface area contributed by atoms with E-state index in [1.807, 2.05) is 19.9 Å². The fourth-order valence-corrected chi connectivity index (χ4v) is 2.84. The summed E-state index contributed by atoms with van der Waals surface area (Å²) < 4.78 is 11.9. The molecule has 0 aliphatic heterocycles.